The van der Waals surface area contributed by atoms with Crippen molar-refractivity contribution in [2.24, 2.45) is 5.92 Å². The van der Waals surface area contributed by atoms with E-state index >= 15 is 0 Å². The Labute approximate surface area is 226 Å². The molecule has 7 rings (SSSR count). The Morgan fingerprint density at radius 1 is 1.13 bits per heavy atom. The molecule has 9 heteroatoms. The van der Waals surface area contributed by atoms with E-state index in [1.807, 2.05) is 28.8 Å². The van der Waals surface area contributed by atoms with Crippen molar-refractivity contribution in [2.75, 3.05) is 36.9 Å². The second-order valence-electron chi connectivity index (χ2n) is 11.1. The van der Waals surface area contributed by atoms with E-state index in [0.29, 0.717) is 35.2 Å². The third kappa shape index (κ3) is 4.61. The molecule has 39 heavy (non-hydrogen) atoms. The molecule has 5 heterocycles. The van der Waals surface area contributed by atoms with Crippen LogP contribution in [0.25, 0.3) is 16.9 Å². The van der Waals surface area contributed by atoms with Crippen LogP contribution in [0.4, 0.5) is 21.6 Å². The van der Waals surface area contributed by atoms with Crippen molar-refractivity contribution in [3.8, 4) is 11.3 Å². The zero-order valence-electron chi connectivity index (χ0n) is 22.0. The van der Waals surface area contributed by atoms with E-state index < -0.39 is 0 Å². The lowest BCUT2D eigenvalue weighted by atomic mass is 9.97. The van der Waals surface area contributed by atoms with Gasteiger partial charge in [-0.15, -0.1) is 0 Å². The Morgan fingerprint density at radius 2 is 2.03 bits per heavy atom. The minimum atomic E-state index is -0.332. The quantitative estimate of drug-likeness (QED) is 0.360. The second-order valence-corrected chi connectivity index (χ2v) is 11.1. The Morgan fingerprint density at radius 3 is 2.85 bits per heavy atom. The smallest absolute Gasteiger partial charge is 0.254 e. The average Bonchev–Trinajstić information content (AvgIpc) is 3.62. The molecule has 2 aliphatic heterocycles. The summed E-state index contributed by atoms with van der Waals surface area (Å²) in [5, 5.41) is 6.32. The fraction of sp³-hybridized carbons (Fsp3) is 0.367. The van der Waals surface area contributed by atoms with Crippen LogP contribution >= 0.6 is 0 Å². The molecule has 0 radical (unpaired) electrons. The third-order valence-corrected chi connectivity index (χ3v) is 8.33. The summed E-state index contributed by atoms with van der Waals surface area (Å²) in [6, 6.07) is 11.6. The topological polar surface area (TPSA) is 77.8 Å². The molecule has 1 saturated carbocycles. The van der Waals surface area contributed by atoms with Gasteiger partial charge in [0, 0.05) is 50.0 Å². The number of carbonyl (C=O) groups is 1. The first kappa shape index (κ1) is 24.1. The van der Waals surface area contributed by atoms with Gasteiger partial charge < -0.3 is 20.4 Å². The molecule has 2 N–H and O–H groups in total. The minimum absolute atomic E-state index is 0.124. The van der Waals surface area contributed by atoms with Crippen molar-refractivity contribution >= 4 is 28.7 Å². The van der Waals surface area contributed by atoms with E-state index in [4.69, 9.17) is 4.98 Å². The maximum absolute atomic E-state index is 13.7. The highest BCUT2D eigenvalue weighted by atomic mass is 19.1. The van der Waals surface area contributed by atoms with Gasteiger partial charge in [0.25, 0.3) is 5.91 Å². The first-order chi connectivity index (χ1) is 19.0. The number of imidazole rings is 1. The number of fused-ring (bicyclic) bond motifs is 2. The molecule has 4 aromatic rings. The molecule has 3 aliphatic rings. The summed E-state index contributed by atoms with van der Waals surface area (Å²) in [6.07, 6.45) is 10.5. The minimum Gasteiger partial charge on any atom is -0.370 e. The number of piperidine rings is 1. The zero-order chi connectivity index (χ0) is 26.5. The SMILES string of the molecule is CN(C[C@H]1CCCN(c2ccc(Nc3ccc(-c4cnc5cc(F)ccn45)c4c3C(=O)NC4)nc2)C1)C1CC1. The summed E-state index contributed by atoms with van der Waals surface area (Å²) < 4.78 is 15.5. The lowest BCUT2D eigenvalue weighted by Gasteiger charge is -2.36. The van der Waals surface area contributed by atoms with Gasteiger partial charge in [-0.2, -0.15) is 0 Å². The number of hydrogen-bond donors (Lipinski definition) is 2. The molecule has 0 spiro atoms. The van der Waals surface area contributed by atoms with E-state index in [1.54, 1.807) is 12.4 Å². The van der Waals surface area contributed by atoms with Gasteiger partial charge >= 0.3 is 0 Å². The molecule has 200 valence electrons. The maximum Gasteiger partial charge on any atom is 0.254 e. The van der Waals surface area contributed by atoms with E-state index in [2.05, 4.69) is 38.5 Å². The molecular weight excluding hydrogens is 493 g/mol. The molecule has 1 atom stereocenters. The lowest BCUT2D eigenvalue weighted by Crippen LogP contribution is -2.40. The molecule has 1 aromatic carbocycles. The largest absolute Gasteiger partial charge is 0.370 e. The van der Waals surface area contributed by atoms with Crippen LogP contribution in [0.2, 0.25) is 0 Å². The second kappa shape index (κ2) is 9.64. The number of pyridine rings is 2. The third-order valence-electron chi connectivity index (χ3n) is 8.33. The highest BCUT2D eigenvalue weighted by Crippen LogP contribution is 2.36. The van der Waals surface area contributed by atoms with Crippen LogP contribution in [-0.4, -0.2) is 57.9 Å². The fourth-order valence-electron chi connectivity index (χ4n) is 6.15. The van der Waals surface area contributed by atoms with Crippen molar-refractivity contribution < 1.29 is 9.18 Å². The summed E-state index contributed by atoms with van der Waals surface area (Å²) in [4.78, 5) is 26.9. The molecule has 8 nitrogen and oxygen atoms in total. The molecule has 1 amide bonds. The van der Waals surface area contributed by atoms with Gasteiger partial charge in [0.1, 0.15) is 17.3 Å². The van der Waals surface area contributed by atoms with Gasteiger partial charge in [0.05, 0.1) is 35.0 Å². The number of hydrogen-bond acceptors (Lipinski definition) is 6. The van der Waals surface area contributed by atoms with Gasteiger partial charge in [0.15, 0.2) is 0 Å². The lowest BCUT2D eigenvalue weighted by molar-refractivity contribution is 0.0966. The van der Waals surface area contributed by atoms with E-state index in [1.165, 1.54) is 44.4 Å². The van der Waals surface area contributed by atoms with Crippen LogP contribution in [-0.2, 0) is 6.54 Å². The Bertz CT molecular complexity index is 1550. The highest BCUT2D eigenvalue weighted by molar-refractivity contribution is 6.06. The molecule has 0 unspecified atom stereocenters. The molecule has 1 saturated heterocycles. The van der Waals surface area contributed by atoms with Gasteiger partial charge in [-0.25, -0.2) is 14.4 Å². The molecular formula is C30H32FN7O. The van der Waals surface area contributed by atoms with Crippen LogP contribution in [0.15, 0.2) is 55.0 Å². The maximum atomic E-state index is 13.7. The molecule has 0 bridgehead atoms. The number of nitrogens with one attached hydrogen (secondary N) is 2. The molecule has 2 fully saturated rings. The van der Waals surface area contributed by atoms with Crippen LogP contribution < -0.4 is 15.5 Å². The summed E-state index contributed by atoms with van der Waals surface area (Å²) in [5.41, 5.74) is 5.58. The van der Waals surface area contributed by atoms with Crippen LogP contribution in [0.5, 0.6) is 0 Å². The van der Waals surface area contributed by atoms with Crippen LogP contribution in [0, 0.1) is 11.7 Å². The van der Waals surface area contributed by atoms with Gasteiger partial charge in [0.2, 0.25) is 0 Å². The van der Waals surface area contributed by atoms with E-state index in [9.17, 15) is 9.18 Å². The van der Waals surface area contributed by atoms with Crippen molar-refractivity contribution in [2.45, 2.75) is 38.3 Å². The first-order valence-electron chi connectivity index (χ1n) is 13.8. The standard InChI is InChI=1S/C30H32FN7O/c1-36(21-4-5-21)17-19-3-2-11-37(18-19)22-6-9-27(32-14-22)35-25-8-7-23(24-15-34-30(39)29(24)25)26-16-33-28-13-20(31)10-12-38(26)28/h6-10,12-14,16,19,21H,2-5,11,15,17-18H2,1H3,(H,32,35)(H,34,39)/t19-/m1/s1. The predicted molar refractivity (Wildman–Crippen MR) is 150 cm³/mol. The van der Waals surface area contributed by atoms with Crippen LogP contribution in [0.1, 0.15) is 41.6 Å². The number of amides is 1. The monoisotopic (exact) mass is 525 g/mol. The predicted octanol–water partition coefficient (Wildman–Crippen LogP) is 4.83. The van der Waals surface area contributed by atoms with Crippen molar-refractivity contribution in [3.63, 3.8) is 0 Å². The Hall–Kier alpha value is -3.98. The van der Waals surface area contributed by atoms with Crippen molar-refractivity contribution in [1.29, 1.82) is 0 Å². The van der Waals surface area contributed by atoms with E-state index in [0.717, 1.165) is 41.6 Å². The average molecular weight is 526 g/mol. The van der Waals surface area contributed by atoms with Gasteiger partial charge in [-0.3, -0.25) is 9.20 Å². The Kier molecular flexibility index (Phi) is 5.96. The molecule has 3 aromatic heterocycles. The van der Waals surface area contributed by atoms with E-state index in [-0.39, 0.29) is 11.7 Å². The van der Waals surface area contributed by atoms with Crippen molar-refractivity contribution in [3.05, 3.63) is 71.9 Å². The summed E-state index contributed by atoms with van der Waals surface area (Å²) in [5.74, 6) is 0.928. The number of benzene rings is 1. The fourth-order valence-corrected chi connectivity index (χ4v) is 6.15. The number of aromatic nitrogens is 3. The van der Waals surface area contributed by atoms with Gasteiger partial charge in [-0.1, -0.05) is 6.07 Å². The highest BCUT2D eigenvalue weighted by Gasteiger charge is 2.30. The number of carbonyl (C=O) groups excluding carboxylic acids is 1. The summed E-state index contributed by atoms with van der Waals surface area (Å²) >= 11 is 0. The Balaban J connectivity index is 1.10. The summed E-state index contributed by atoms with van der Waals surface area (Å²) in [7, 11) is 2.26. The van der Waals surface area contributed by atoms with Gasteiger partial charge in [-0.05, 0) is 68.5 Å². The molecule has 1 aliphatic carbocycles. The zero-order valence-corrected chi connectivity index (χ0v) is 22.0. The number of anilines is 3. The number of halogens is 1. The first-order valence-corrected chi connectivity index (χ1v) is 13.8. The number of nitrogens with zero attached hydrogens (tertiary/aromatic N) is 5. The van der Waals surface area contributed by atoms with Crippen LogP contribution in [0.3, 0.4) is 0 Å². The normalized spacial score (nSPS) is 19.0. The summed E-state index contributed by atoms with van der Waals surface area (Å²) in [6.45, 7) is 3.72. The number of rotatable bonds is 7. The van der Waals surface area contributed by atoms with Crippen molar-refractivity contribution in [1.82, 2.24) is 24.6 Å².